The number of benzene rings is 1. The fraction of sp³-hybridized carbons (Fsp3) is 0.471. The van der Waals surface area contributed by atoms with Gasteiger partial charge in [-0.05, 0) is 46.2 Å². The van der Waals surface area contributed by atoms with Crippen molar-refractivity contribution in [2.24, 2.45) is 0 Å². The minimum atomic E-state index is 0.0116. The van der Waals surface area contributed by atoms with Crippen molar-refractivity contribution in [1.82, 2.24) is 14.9 Å². The summed E-state index contributed by atoms with van der Waals surface area (Å²) in [5, 5.41) is 3.64. The van der Waals surface area contributed by atoms with Gasteiger partial charge in [0.2, 0.25) is 0 Å². The molecule has 3 heteroatoms. The molecule has 2 aromatic rings. The molecular formula is C17H25N3. The molecule has 0 aliphatic heterocycles. The van der Waals surface area contributed by atoms with Crippen LogP contribution in [0.5, 0.6) is 0 Å². The maximum Gasteiger partial charge on any atom is 0.105 e. The molecule has 0 saturated carbocycles. The monoisotopic (exact) mass is 271 g/mol. The predicted octanol–water partition coefficient (Wildman–Crippen LogP) is 3.41. The number of imidazole rings is 1. The molecule has 0 bridgehead atoms. The average Bonchev–Trinajstić information content (AvgIpc) is 2.81. The van der Waals surface area contributed by atoms with Crippen molar-refractivity contribution in [3.63, 3.8) is 0 Å². The summed E-state index contributed by atoms with van der Waals surface area (Å²) in [6.07, 6.45) is 5.01. The number of nitrogens with zero attached hydrogens (tertiary/aromatic N) is 2. The summed E-state index contributed by atoms with van der Waals surface area (Å²) in [6.45, 7) is 10.7. The Morgan fingerprint density at radius 2 is 1.85 bits per heavy atom. The van der Waals surface area contributed by atoms with E-state index in [1.807, 2.05) is 19.3 Å². The summed E-state index contributed by atoms with van der Waals surface area (Å²) in [5.41, 5.74) is 2.65. The highest BCUT2D eigenvalue weighted by atomic mass is 15.1. The van der Waals surface area contributed by atoms with E-state index in [9.17, 15) is 0 Å². The van der Waals surface area contributed by atoms with E-state index in [-0.39, 0.29) is 5.54 Å². The van der Waals surface area contributed by atoms with Crippen molar-refractivity contribution in [3.8, 4) is 0 Å². The number of aryl methyl sites for hydroxylation is 3. The number of hydrogen-bond donors (Lipinski definition) is 1. The zero-order valence-electron chi connectivity index (χ0n) is 13.0. The van der Waals surface area contributed by atoms with Crippen LogP contribution in [-0.2, 0) is 12.1 Å². The quantitative estimate of drug-likeness (QED) is 0.816. The molecule has 0 amide bonds. The first-order valence-electron chi connectivity index (χ1n) is 7.29. The molecule has 0 saturated heterocycles. The second kappa shape index (κ2) is 6.23. The highest BCUT2D eigenvalue weighted by Crippen LogP contribution is 2.20. The SMILES string of the molecule is Cc1ccc(C(C)(C)NCCCn2ccnc2C)cc1. The van der Waals surface area contributed by atoms with Crippen LogP contribution in [-0.4, -0.2) is 16.1 Å². The van der Waals surface area contributed by atoms with E-state index >= 15 is 0 Å². The summed E-state index contributed by atoms with van der Waals surface area (Å²) in [5.74, 6) is 1.09. The zero-order valence-corrected chi connectivity index (χ0v) is 13.0. The first kappa shape index (κ1) is 14.8. The van der Waals surface area contributed by atoms with E-state index in [1.165, 1.54) is 11.1 Å². The van der Waals surface area contributed by atoms with Gasteiger partial charge in [-0.1, -0.05) is 29.8 Å². The molecule has 3 nitrogen and oxygen atoms in total. The summed E-state index contributed by atoms with van der Waals surface area (Å²) in [6, 6.07) is 8.77. The van der Waals surface area contributed by atoms with Crippen LogP contribution >= 0.6 is 0 Å². The van der Waals surface area contributed by atoms with Crippen molar-refractivity contribution < 1.29 is 0 Å². The van der Waals surface area contributed by atoms with E-state index in [0.717, 1.165) is 25.3 Å². The third-order valence-electron chi connectivity index (χ3n) is 3.84. The summed E-state index contributed by atoms with van der Waals surface area (Å²) < 4.78 is 2.19. The van der Waals surface area contributed by atoms with Crippen LogP contribution in [0, 0.1) is 13.8 Å². The highest BCUT2D eigenvalue weighted by Gasteiger charge is 2.18. The molecular weight excluding hydrogens is 246 g/mol. The fourth-order valence-corrected chi connectivity index (χ4v) is 2.36. The molecule has 0 aliphatic rings. The zero-order chi connectivity index (χ0) is 14.6. The molecule has 0 unspecified atom stereocenters. The molecule has 0 radical (unpaired) electrons. The third kappa shape index (κ3) is 3.70. The van der Waals surface area contributed by atoms with Crippen LogP contribution in [0.25, 0.3) is 0 Å². The van der Waals surface area contributed by atoms with Crippen LogP contribution in [0.3, 0.4) is 0 Å². The van der Waals surface area contributed by atoms with Gasteiger partial charge in [-0.2, -0.15) is 0 Å². The van der Waals surface area contributed by atoms with Gasteiger partial charge in [0.25, 0.3) is 0 Å². The van der Waals surface area contributed by atoms with E-state index < -0.39 is 0 Å². The second-order valence-corrected chi connectivity index (χ2v) is 5.94. The van der Waals surface area contributed by atoms with Gasteiger partial charge in [0.1, 0.15) is 5.82 Å². The van der Waals surface area contributed by atoms with E-state index in [4.69, 9.17) is 0 Å². The highest BCUT2D eigenvalue weighted by molar-refractivity contribution is 5.26. The standard InChI is InChI=1S/C17H25N3/c1-14-6-8-16(9-7-14)17(3,4)19-10-5-12-20-13-11-18-15(20)2/h6-9,11,13,19H,5,10,12H2,1-4H3. The number of hydrogen-bond acceptors (Lipinski definition) is 2. The summed E-state index contributed by atoms with van der Waals surface area (Å²) >= 11 is 0. The van der Waals surface area contributed by atoms with E-state index in [1.54, 1.807) is 0 Å². The van der Waals surface area contributed by atoms with Crippen LogP contribution in [0.1, 0.15) is 37.2 Å². The summed E-state index contributed by atoms with van der Waals surface area (Å²) in [4.78, 5) is 4.24. The molecule has 0 spiro atoms. The second-order valence-electron chi connectivity index (χ2n) is 5.94. The van der Waals surface area contributed by atoms with Gasteiger partial charge in [-0.15, -0.1) is 0 Å². The van der Waals surface area contributed by atoms with Gasteiger partial charge in [0.15, 0.2) is 0 Å². The number of nitrogens with one attached hydrogen (secondary N) is 1. The van der Waals surface area contributed by atoms with Crippen molar-refractivity contribution in [3.05, 3.63) is 53.6 Å². The van der Waals surface area contributed by atoms with Gasteiger partial charge in [-0.25, -0.2) is 4.98 Å². The Balaban J connectivity index is 1.83. The lowest BCUT2D eigenvalue weighted by atomic mass is 9.93. The van der Waals surface area contributed by atoms with Crippen LogP contribution < -0.4 is 5.32 Å². The van der Waals surface area contributed by atoms with Gasteiger partial charge in [0.05, 0.1) is 0 Å². The molecule has 108 valence electrons. The smallest absolute Gasteiger partial charge is 0.105 e. The largest absolute Gasteiger partial charge is 0.335 e. The number of rotatable bonds is 6. The first-order chi connectivity index (χ1) is 9.49. The Labute approximate surface area is 122 Å². The van der Waals surface area contributed by atoms with Crippen molar-refractivity contribution in [1.29, 1.82) is 0 Å². The first-order valence-corrected chi connectivity index (χ1v) is 7.29. The minimum absolute atomic E-state index is 0.0116. The molecule has 2 rings (SSSR count). The molecule has 1 N–H and O–H groups in total. The fourth-order valence-electron chi connectivity index (χ4n) is 2.36. The van der Waals surface area contributed by atoms with Gasteiger partial charge >= 0.3 is 0 Å². The molecule has 0 atom stereocenters. The van der Waals surface area contributed by atoms with Gasteiger partial charge in [0, 0.05) is 24.5 Å². The maximum absolute atomic E-state index is 4.24. The molecule has 1 aromatic carbocycles. The van der Waals surface area contributed by atoms with E-state index in [2.05, 4.69) is 59.9 Å². The minimum Gasteiger partial charge on any atom is -0.335 e. The maximum atomic E-state index is 4.24. The third-order valence-corrected chi connectivity index (χ3v) is 3.84. The molecule has 20 heavy (non-hydrogen) atoms. The van der Waals surface area contributed by atoms with E-state index in [0.29, 0.717) is 0 Å². The van der Waals surface area contributed by atoms with Crippen LogP contribution in [0.4, 0.5) is 0 Å². The Morgan fingerprint density at radius 3 is 2.45 bits per heavy atom. The topological polar surface area (TPSA) is 29.9 Å². The lowest BCUT2D eigenvalue weighted by Crippen LogP contribution is -2.37. The average molecular weight is 271 g/mol. The van der Waals surface area contributed by atoms with Gasteiger partial charge < -0.3 is 9.88 Å². The van der Waals surface area contributed by atoms with Crippen LogP contribution in [0.15, 0.2) is 36.7 Å². The Bertz CT molecular complexity index is 538. The lowest BCUT2D eigenvalue weighted by molar-refractivity contribution is 0.392. The molecule has 1 aromatic heterocycles. The van der Waals surface area contributed by atoms with Crippen LogP contribution in [0.2, 0.25) is 0 Å². The Hall–Kier alpha value is -1.61. The van der Waals surface area contributed by atoms with Crippen molar-refractivity contribution in [2.75, 3.05) is 6.54 Å². The molecule has 0 fully saturated rings. The van der Waals surface area contributed by atoms with Gasteiger partial charge in [-0.3, -0.25) is 0 Å². The summed E-state index contributed by atoms with van der Waals surface area (Å²) in [7, 11) is 0. The van der Waals surface area contributed by atoms with Crippen molar-refractivity contribution in [2.45, 2.75) is 46.2 Å². The lowest BCUT2D eigenvalue weighted by Gasteiger charge is -2.27. The number of aromatic nitrogens is 2. The predicted molar refractivity (Wildman–Crippen MR) is 83.8 cm³/mol. The molecule has 1 heterocycles. The Kier molecular flexibility index (Phi) is 4.61. The van der Waals surface area contributed by atoms with Crippen molar-refractivity contribution >= 4 is 0 Å². The molecule has 0 aliphatic carbocycles. The normalized spacial score (nSPS) is 11.8. The Morgan fingerprint density at radius 1 is 1.15 bits per heavy atom.